The van der Waals surface area contributed by atoms with Gasteiger partial charge in [0.05, 0.1) is 50.5 Å². The Balaban J connectivity index is 1.19. The van der Waals surface area contributed by atoms with Gasteiger partial charge in [0, 0.05) is 38.4 Å². The van der Waals surface area contributed by atoms with E-state index in [9.17, 15) is 31.6 Å². The summed E-state index contributed by atoms with van der Waals surface area (Å²) in [6.07, 6.45) is -10.1. The number of nitriles is 1. The van der Waals surface area contributed by atoms with Crippen molar-refractivity contribution in [1.29, 1.82) is 5.26 Å². The molecule has 0 spiro atoms. The second kappa shape index (κ2) is 15.4. The lowest BCUT2D eigenvalue weighted by molar-refractivity contribution is -0.143. The van der Waals surface area contributed by atoms with Crippen molar-refractivity contribution in [3.05, 3.63) is 217 Å². The predicted molar refractivity (Wildman–Crippen MR) is 252 cm³/mol. The SMILES string of the molecule is N#Cc1ccc(-n2c3ccccc3c3cc(-c4ccccc4)ccc32)cc1-c1cc(-c2cc(C(F)(F)F)cc(C(F)(F)F)c2)ccc1-n1c2ccccc2c2cc(-c3ccccc3)ccc21. The molecule has 0 aliphatic carbocycles. The molecule has 0 aliphatic rings. The van der Waals surface area contributed by atoms with Crippen LogP contribution in [0.25, 0.3) is 99.5 Å². The molecule has 0 bridgehead atoms. The van der Waals surface area contributed by atoms with Crippen LogP contribution < -0.4 is 0 Å². The Labute approximate surface area is 374 Å². The van der Waals surface area contributed by atoms with E-state index in [0.717, 1.165) is 78.0 Å². The molecule has 0 atom stereocenters. The van der Waals surface area contributed by atoms with Crippen LogP contribution in [0.1, 0.15) is 16.7 Å². The minimum atomic E-state index is -5.05. The van der Waals surface area contributed by atoms with Crippen molar-refractivity contribution in [2.24, 2.45) is 0 Å². The summed E-state index contributed by atoms with van der Waals surface area (Å²) in [4.78, 5) is 0. The van der Waals surface area contributed by atoms with E-state index in [1.54, 1.807) is 24.3 Å². The van der Waals surface area contributed by atoms with Crippen LogP contribution in [0.5, 0.6) is 0 Å². The maximum atomic E-state index is 14.3. The van der Waals surface area contributed by atoms with Crippen molar-refractivity contribution in [2.75, 3.05) is 0 Å². The zero-order valence-electron chi connectivity index (χ0n) is 34.7. The molecule has 2 aromatic heterocycles. The number of aromatic nitrogens is 2. The first kappa shape index (κ1) is 40.4. The van der Waals surface area contributed by atoms with Gasteiger partial charge in [-0.3, -0.25) is 0 Å². The molecule has 0 aliphatic heterocycles. The van der Waals surface area contributed by atoms with Gasteiger partial charge in [0.15, 0.2) is 0 Å². The Morgan fingerprint density at radius 2 is 0.818 bits per heavy atom. The number of fused-ring (bicyclic) bond motifs is 6. The number of halogens is 6. The monoisotopic (exact) mass is 873 g/mol. The fraction of sp³-hybridized carbons (Fsp3) is 0.0351. The van der Waals surface area contributed by atoms with Crippen LogP contribution in [0.15, 0.2) is 200 Å². The highest BCUT2D eigenvalue weighted by Crippen LogP contribution is 2.44. The Morgan fingerprint density at radius 1 is 0.348 bits per heavy atom. The number of rotatable bonds is 6. The fourth-order valence-electron chi connectivity index (χ4n) is 9.34. The van der Waals surface area contributed by atoms with E-state index < -0.39 is 23.5 Å². The molecular weight excluding hydrogens is 841 g/mol. The van der Waals surface area contributed by atoms with Crippen molar-refractivity contribution in [3.63, 3.8) is 0 Å². The second-order valence-corrected chi connectivity index (χ2v) is 16.3. The Hall–Kier alpha value is -8.35. The molecule has 0 unspecified atom stereocenters. The van der Waals surface area contributed by atoms with E-state index in [1.165, 1.54) is 0 Å². The van der Waals surface area contributed by atoms with Crippen LogP contribution in [0.3, 0.4) is 0 Å². The summed E-state index contributed by atoms with van der Waals surface area (Å²) in [5.74, 6) is 0. The molecule has 0 N–H and O–H groups in total. The zero-order chi connectivity index (χ0) is 45.3. The van der Waals surface area contributed by atoms with Crippen LogP contribution in [0.4, 0.5) is 26.3 Å². The van der Waals surface area contributed by atoms with Gasteiger partial charge in [-0.05, 0) is 118 Å². The first-order chi connectivity index (χ1) is 31.9. The number of nitrogens with zero attached hydrogens (tertiary/aromatic N) is 3. The molecule has 0 saturated carbocycles. The van der Waals surface area contributed by atoms with Gasteiger partial charge in [0.2, 0.25) is 0 Å². The quantitative estimate of drug-likeness (QED) is 0.153. The summed E-state index contributed by atoms with van der Waals surface area (Å²) in [7, 11) is 0. The molecule has 11 aromatic rings. The predicted octanol–water partition coefficient (Wildman–Crippen LogP) is 16.5. The van der Waals surface area contributed by atoms with Gasteiger partial charge in [-0.1, -0.05) is 115 Å². The molecule has 0 amide bonds. The van der Waals surface area contributed by atoms with Crippen molar-refractivity contribution in [1.82, 2.24) is 9.13 Å². The normalized spacial score (nSPS) is 12.1. The van der Waals surface area contributed by atoms with Crippen LogP contribution in [0, 0.1) is 11.3 Å². The van der Waals surface area contributed by atoms with E-state index in [4.69, 9.17) is 0 Å². The summed E-state index contributed by atoms with van der Waals surface area (Å²) in [6, 6.07) is 62.6. The molecule has 0 fully saturated rings. The minimum Gasteiger partial charge on any atom is -0.309 e. The lowest BCUT2D eigenvalue weighted by Gasteiger charge is -2.19. The topological polar surface area (TPSA) is 33.6 Å². The summed E-state index contributed by atoms with van der Waals surface area (Å²) in [5.41, 5.74) is 6.96. The molecule has 9 heteroatoms. The third kappa shape index (κ3) is 6.86. The highest BCUT2D eigenvalue weighted by molar-refractivity contribution is 6.12. The Morgan fingerprint density at radius 3 is 1.36 bits per heavy atom. The summed E-state index contributed by atoms with van der Waals surface area (Å²) in [6.45, 7) is 0. The number of alkyl halides is 6. The van der Waals surface area contributed by atoms with E-state index in [0.29, 0.717) is 22.5 Å². The van der Waals surface area contributed by atoms with Gasteiger partial charge in [-0.15, -0.1) is 0 Å². The lowest BCUT2D eigenvalue weighted by atomic mass is 9.92. The maximum absolute atomic E-state index is 14.3. The van der Waals surface area contributed by atoms with Crippen molar-refractivity contribution < 1.29 is 26.3 Å². The first-order valence-electron chi connectivity index (χ1n) is 21.1. The molecule has 318 valence electrons. The third-order valence-electron chi connectivity index (χ3n) is 12.4. The Kier molecular flexibility index (Phi) is 9.45. The summed E-state index contributed by atoms with van der Waals surface area (Å²) < 4.78 is 89.8. The minimum absolute atomic E-state index is 0.108. The van der Waals surface area contributed by atoms with Crippen LogP contribution in [-0.2, 0) is 12.4 Å². The van der Waals surface area contributed by atoms with Gasteiger partial charge in [0.1, 0.15) is 0 Å². The fourth-order valence-corrected chi connectivity index (χ4v) is 9.34. The average molecular weight is 874 g/mol. The van der Waals surface area contributed by atoms with Gasteiger partial charge in [0.25, 0.3) is 0 Å². The lowest BCUT2D eigenvalue weighted by Crippen LogP contribution is -2.11. The largest absolute Gasteiger partial charge is 0.416 e. The van der Waals surface area contributed by atoms with Gasteiger partial charge >= 0.3 is 12.4 Å². The van der Waals surface area contributed by atoms with Gasteiger partial charge < -0.3 is 9.13 Å². The van der Waals surface area contributed by atoms with Gasteiger partial charge in [-0.2, -0.15) is 31.6 Å². The molecule has 2 heterocycles. The molecule has 11 rings (SSSR count). The smallest absolute Gasteiger partial charge is 0.309 e. The van der Waals surface area contributed by atoms with Crippen LogP contribution >= 0.6 is 0 Å². The number of para-hydroxylation sites is 2. The number of hydrogen-bond donors (Lipinski definition) is 0. The standard InChI is InChI=1S/C57H33F6N3/c58-56(59,60)42-27-41(28-43(32-42)57(61,62)63)39-22-26-55(66-52-18-10-8-16-46(52)49-30-38(21-25-54(49)66)36-13-5-2-6-14-36)50(31-39)47-33-44(23-19-40(47)34-64)65-51-17-9-7-15-45(51)48-29-37(20-24-53(48)65)35-11-3-1-4-12-35/h1-33H. The van der Waals surface area contributed by atoms with Crippen molar-refractivity contribution in [3.8, 4) is 62.0 Å². The van der Waals surface area contributed by atoms with E-state index in [-0.39, 0.29) is 22.8 Å². The summed E-state index contributed by atoms with van der Waals surface area (Å²) in [5, 5.41) is 14.7. The number of hydrogen-bond acceptors (Lipinski definition) is 1. The second-order valence-electron chi connectivity index (χ2n) is 16.3. The van der Waals surface area contributed by atoms with Crippen molar-refractivity contribution >= 4 is 43.6 Å². The molecular formula is C57H33F6N3. The van der Waals surface area contributed by atoms with E-state index in [1.807, 2.05) is 120 Å². The van der Waals surface area contributed by atoms with Gasteiger partial charge in [-0.25, -0.2) is 0 Å². The summed E-state index contributed by atoms with van der Waals surface area (Å²) >= 11 is 0. The number of benzene rings is 9. The Bertz CT molecular complexity index is 3710. The highest BCUT2D eigenvalue weighted by Gasteiger charge is 2.37. The molecule has 3 nitrogen and oxygen atoms in total. The van der Waals surface area contributed by atoms with Crippen LogP contribution in [-0.4, -0.2) is 9.13 Å². The molecule has 0 radical (unpaired) electrons. The molecule has 66 heavy (non-hydrogen) atoms. The zero-order valence-corrected chi connectivity index (χ0v) is 34.7. The van der Waals surface area contributed by atoms with Crippen LogP contribution in [0.2, 0.25) is 0 Å². The third-order valence-corrected chi connectivity index (χ3v) is 12.4. The van der Waals surface area contributed by atoms with E-state index >= 15 is 0 Å². The molecule has 9 aromatic carbocycles. The highest BCUT2D eigenvalue weighted by atomic mass is 19.4. The van der Waals surface area contributed by atoms with E-state index in [2.05, 4.69) is 53.1 Å². The average Bonchev–Trinajstić information content (AvgIpc) is 3.85. The molecule has 0 saturated heterocycles. The van der Waals surface area contributed by atoms with Crippen molar-refractivity contribution in [2.45, 2.75) is 12.4 Å². The first-order valence-corrected chi connectivity index (χ1v) is 21.1. The maximum Gasteiger partial charge on any atom is 0.416 e.